The highest BCUT2D eigenvalue weighted by atomic mass is 35.5. The Morgan fingerprint density at radius 2 is 1.94 bits per heavy atom. The lowest BCUT2D eigenvalue weighted by Gasteiger charge is -2.40. The number of hydrogen-bond donors (Lipinski definition) is 1. The lowest BCUT2D eigenvalue weighted by atomic mass is 10.1. The van der Waals surface area contributed by atoms with Crippen LogP contribution >= 0.6 is 11.6 Å². The van der Waals surface area contributed by atoms with Crippen LogP contribution in [0.3, 0.4) is 0 Å². The van der Waals surface area contributed by atoms with Crippen LogP contribution in [-0.2, 0) is 9.53 Å². The Morgan fingerprint density at radius 3 is 2.53 bits per heavy atom. The third-order valence-electron chi connectivity index (χ3n) is 5.51. The highest BCUT2D eigenvalue weighted by Crippen LogP contribution is 2.30. The van der Waals surface area contributed by atoms with Gasteiger partial charge in [-0.15, -0.1) is 0 Å². The number of anilines is 1. The third kappa shape index (κ3) is 5.73. The largest absolute Gasteiger partial charge is 0.383 e. The molecule has 170 valence electrons. The lowest BCUT2D eigenvalue weighted by molar-refractivity contribution is -0.123. The summed E-state index contributed by atoms with van der Waals surface area (Å²) in [5, 5.41) is 3.55. The van der Waals surface area contributed by atoms with E-state index in [9.17, 15) is 9.18 Å². The molecule has 1 atom stereocenters. The van der Waals surface area contributed by atoms with Crippen molar-refractivity contribution in [1.29, 1.82) is 0 Å². The van der Waals surface area contributed by atoms with Crippen LogP contribution in [0, 0.1) is 5.82 Å². The molecule has 0 bridgehead atoms. The van der Waals surface area contributed by atoms with Crippen molar-refractivity contribution in [3.05, 3.63) is 64.9 Å². The van der Waals surface area contributed by atoms with Gasteiger partial charge in [0.1, 0.15) is 11.9 Å². The Kier molecular flexibility index (Phi) is 8.39. The molecule has 1 aliphatic rings. The van der Waals surface area contributed by atoms with Gasteiger partial charge in [0, 0.05) is 55.3 Å². The molecule has 1 fully saturated rings. The van der Waals surface area contributed by atoms with Crippen molar-refractivity contribution in [3.8, 4) is 0 Å². The van der Waals surface area contributed by atoms with Gasteiger partial charge in [-0.05, 0) is 56.1 Å². The number of nitrogens with zero attached hydrogens (tertiary/aromatic N) is 3. The quantitative estimate of drug-likeness (QED) is 0.594. The van der Waals surface area contributed by atoms with Gasteiger partial charge < -0.3 is 15.0 Å². The molecule has 0 saturated carbocycles. The number of nitrogens with one attached hydrogen (secondary N) is 1. The summed E-state index contributed by atoms with van der Waals surface area (Å²) in [4.78, 5) is 21.3. The maximum absolute atomic E-state index is 13.9. The fourth-order valence-electron chi connectivity index (χ4n) is 3.90. The number of piperazine rings is 1. The van der Waals surface area contributed by atoms with Crippen LogP contribution in [0.2, 0.25) is 5.02 Å². The second kappa shape index (κ2) is 11.2. The number of carbonyl (C=O) groups excluding carboxylic acids is 1. The zero-order valence-electron chi connectivity index (χ0n) is 18.4. The Balaban J connectivity index is 1.69. The molecule has 0 aromatic heterocycles. The lowest BCUT2D eigenvalue weighted by Crippen LogP contribution is -2.54. The summed E-state index contributed by atoms with van der Waals surface area (Å²) in [6.45, 7) is 8.49. The Morgan fingerprint density at radius 1 is 1.25 bits per heavy atom. The van der Waals surface area contributed by atoms with Gasteiger partial charge in [-0.2, -0.15) is 0 Å². The maximum atomic E-state index is 13.9. The number of benzene rings is 2. The Hall–Kier alpha value is -2.74. The summed E-state index contributed by atoms with van der Waals surface area (Å²) in [6, 6.07) is 11.1. The smallest absolute Gasteiger partial charge is 0.244 e. The third-order valence-corrected chi connectivity index (χ3v) is 5.76. The first-order chi connectivity index (χ1) is 15.5. The molecular weight excluding hydrogens is 431 g/mol. The maximum Gasteiger partial charge on any atom is 0.244 e. The first-order valence-corrected chi connectivity index (χ1v) is 10.8. The van der Waals surface area contributed by atoms with Crippen molar-refractivity contribution in [1.82, 2.24) is 9.80 Å². The standard InChI is InChI=1S/C24H28ClFN4O2/c1-4-22(20-15-18(26)7-10-21(20)27-2)29-11-13-30(14-12-29)23(16-32-3)24(31)28-19-8-5-17(25)6-9-19/h4-10,15,23H,2,11-14,16H2,1,3H3,(H,28,31)/b22-4+. The molecule has 8 heteroatoms. The zero-order valence-corrected chi connectivity index (χ0v) is 19.1. The van der Waals surface area contributed by atoms with Crippen molar-refractivity contribution in [3.63, 3.8) is 0 Å². The van der Waals surface area contributed by atoms with E-state index >= 15 is 0 Å². The van der Waals surface area contributed by atoms with Crippen molar-refractivity contribution in [2.75, 3.05) is 45.2 Å². The number of rotatable bonds is 8. The Labute approximate surface area is 193 Å². The van der Waals surface area contributed by atoms with Gasteiger partial charge in [-0.3, -0.25) is 14.7 Å². The van der Waals surface area contributed by atoms with E-state index < -0.39 is 6.04 Å². The van der Waals surface area contributed by atoms with Crippen molar-refractivity contribution >= 4 is 41.3 Å². The predicted octanol–water partition coefficient (Wildman–Crippen LogP) is 4.44. The van der Waals surface area contributed by atoms with Crippen LogP contribution in [0.1, 0.15) is 12.5 Å². The topological polar surface area (TPSA) is 57.2 Å². The van der Waals surface area contributed by atoms with Crippen LogP contribution in [0.5, 0.6) is 0 Å². The molecule has 0 radical (unpaired) electrons. The fraction of sp³-hybridized carbons (Fsp3) is 0.333. The normalized spacial score (nSPS) is 16.0. The molecule has 1 saturated heterocycles. The second-order valence-corrected chi connectivity index (χ2v) is 7.92. The van der Waals surface area contributed by atoms with Crippen molar-refractivity contribution < 1.29 is 13.9 Å². The molecule has 2 aromatic rings. The summed E-state index contributed by atoms with van der Waals surface area (Å²) in [5.41, 5.74) is 2.94. The van der Waals surface area contributed by atoms with E-state index in [0.717, 1.165) is 5.70 Å². The van der Waals surface area contributed by atoms with Gasteiger partial charge in [0.05, 0.1) is 12.3 Å². The van der Waals surface area contributed by atoms with Crippen LogP contribution in [0.25, 0.3) is 5.70 Å². The number of allylic oxidation sites excluding steroid dienone is 1. The van der Waals surface area contributed by atoms with Gasteiger partial charge in [0.2, 0.25) is 5.91 Å². The van der Waals surface area contributed by atoms with E-state index in [4.69, 9.17) is 16.3 Å². The van der Waals surface area contributed by atoms with E-state index in [-0.39, 0.29) is 18.3 Å². The Bertz CT molecular complexity index is 972. The summed E-state index contributed by atoms with van der Waals surface area (Å²) in [7, 11) is 1.59. The molecule has 32 heavy (non-hydrogen) atoms. The number of hydrogen-bond acceptors (Lipinski definition) is 5. The predicted molar refractivity (Wildman–Crippen MR) is 128 cm³/mol. The number of methoxy groups -OCH3 is 1. The van der Waals surface area contributed by atoms with Crippen LogP contribution < -0.4 is 5.32 Å². The van der Waals surface area contributed by atoms with Crippen molar-refractivity contribution in [2.45, 2.75) is 13.0 Å². The van der Waals surface area contributed by atoms with E-state index in [0.29, 0.717) is 48.1 Å². The van der Waals surface area contributed by atoms with Crippen LogP contribution in [0.4, 0.5) is 15.8 Å². The molecular formula is C24H28ClFN4O2. The summed E-state index contributed by atoms with van der Waals surface area (Å²) < 4.78 is 19.2. The number of ether oxygens (including phenoxy) is 1. The average molecular weight is 459 g/mol. The first-order valence-electron chi connectivity index (χ1n) is 10.4. The number of aliphatic imine (C=N–C) groups is 1. The molecule has 1 unspecified atom stereocenters. The van der Waals surface area contributed by atoms with Gasteiger partial charge in [-0.1, -0.05) is 17.7 Å². The van der Waals surface area contributed by atoms with Gasteiger partial charge in [-0.25, -0.2) is 4.39 Å². The number of carbonyl (C=O) groups is 1. The van der Waals surface area contributed by atoms with Crippen LogP contribution in [-0.4, -0.2) is 68.4 Å². The van der Waals surface area contributed by atoms with E-state index in [1.165, 1.54) is 12.1 Å². The van der Waals surface area contributed by atoms with Crippen LogP contribution in [0.15, 0.2) is 53.5 Å². The minimum absolute atomic E-state index is 0.128. The van der Waals surface area contributed by atoms with Gasteiger partial charge >= 0.3 is 0 Å². The molecule has 1 heterocycles. The number of halogens is 2. The van der Waals surface area contributed by atoms with Gasteiger partial charge in [0.15, 0.2) is 0 Å². The molecule has 3 rings (SSSR count). The zero-order chi connectivity index (χ0) is 23.1. The molecule has 0 aliphatic carbocycles. The summed E-state index contributed by atoms with van der Waals surface area (Å²) in [6.07, 6.45) is 1.96. The fourth-order valence-corrected chi connectivity index (χ4v) is 4.02. The SMILES string of the molecule is C=Nc1ccc(F)cc1/C(=C\C)N1CCN(C(COC)C(=O)Nc2ccc(Cl)cc2)CC1. The monoisotopic (exact) mass is 458 g/mol. The highest BCUT2D eigenvalue weighted by Gasteiger charge is 2.30. The highest BCUT2D eigenvalue weighted by molar-refractivity contribution is 6.30. The summed E-state index contributed by atoms with van der Waals surface area (Å²) >= 11 is 5.92. The molecule has 1 amide bonds. The molecule has 0 spiro atoms. The summed E-state index contributed by atoms with van der Waals surface area (Å²) in [5.74, 6) is -0.443. The molecule has 2 aromatic carbocycles. The molecule has 6 nitrogen and oxygen atoms in total. The molecule has 1 N–H and O–H groups in total. The van der Waals surface area contributed by atoms with Crippen molar-refractivity contribution in [2.24, 2.45) is 4.99 Å². The minimum atomic E-state index is -0.425. The minimum Gasteiger partial charge on any atom is -0.383 e. The van der Waals surface area contributed by atoms with E-state index in [1.54, 1.807) is 37.4 Å². The second-order valence-electron chi connectivity index (χ2n) is 7.48. The van der Waals surface area contributed by atoms with E-state index in [2.05, 4.69) is 26.8 Å². The van der Waals surface area contributed by atoms with Gasteiger partial charge in [0.25, 0.3) is 0 Å². The van der Waals surface area contributed by atoms with E-state index in [1.807, 2.05) is 13.0 Å². The molecule has 1 aliphatic heterocycles. The average Bonchev–Trinajstić information content (AvgIpc) is 2.80. The number of amides is 1. The first kappa shape index (κ1) is 23.9.